The second kappa shape index (κ2) is 3.59. The summed E-state index contributed by atoms with van der Waals surface area (Å²) < 4.78 is 4.63. The van der Waals surface area contributed by atoms with E-state index >= 15 is 0 Å². The van der Waals surface area contributed by atoms with Crippen molar-refractivity contribution in [3.8, 4) is 0 Å². The van der Waals surface area contributed by atoms with E-state index in [-0.39, 0.29) is 11.4 Å². The average Bonchev–Trinajstić information content (AvgIpc) is 1.86. The Labute approximate surface area is 62.6 Å². The normalized spacial score (nSPS) is 11.2. The lowest BCUT2D eigenvalue weighted by molar-refractivity contribution is -0.151. The molecule has 0 unspecified atom stereocenters. The Morgan fingerprint density at radius 3 is 2.30 bits per heavy atom. The van der Waals surface area contributed by atoms with Gasteiger partial charge in [0.1, 0.15) is 0 Å². The molecule has 0 aliphatic heterocycles. The minimum absolute atomic E-state index is 0.116. The zero-order chi connectivity index (χ0) is 8.20. The molecular weight excluding hydrogens is 128 g/mol. The maximum absolute atomic E-state index is 11.0. The van der Waals surface area contributed by atoms with Crippen LogP contribution < -0.4 is 0 Å². The van der Waals surface area contributed by atoms with Crippen LogP contribution in [0.2, 0.25) is 0 Å². The van der Waals surface area contributed by atoms with Gasteiger partial charge in [0.2, 0.25) is 0 Å². The van der Waals surface area contributed by atoms with Crippen molar-refractivity contribution in [1.29, 1.82) is 0 Å². The predicted molar refractivity (Wildman–Crippen MR) is 40.7 cm³/mol. The molecule has 2 nitrogen and oxygen atoms in total. The largest absolute Gasteiger partial charge is 0.469 e. The minimum Gasteiger partial charge on any atom is -0.469 e. The van der Waals surface area contributed by atoms with E-state index in [0.717, 1.165) is 12.8 Å². The maximum Gasteiger partial charge on any atom is 0.311 e. The van der Waals surface area contributed by atoms with E-state index in [4.69, 9.17) is 0 Å². The summed E-state index contributed by atoms with van der Waals surface area (Å²) in [6.07, 6.45) is 1.90. The fraction of sp³-hybridized carbons (Fsp3) is 0.875. The molecule has 0 radical (unpaired) electrons. The highest BCUT2D eigenvalue weighted by atomic mass is 16.5. The van der Waals surface area contributed by atoms with Crippen LogP contribution in [-0.2, 0) is 9.53 Å². The lowest BCUT2D eigenvalue weighted by Crippen LogP contribution is -2.25. The number of methoxy groups -OCH3 is 1. The second-order valence-electron chi connectivity index (χ2n) is 3.13. The van der Waals surface area contributed by atoms with Gasteiger partial charge in [-0.15, -0.1) is 0 Å². The van der Waals surface area contributed by atoms with Crippen LogP contribution >= 0.6 is 0 Å². The number of hydrogen-bond donors (Lipinski definition) is 0. The Kier molecular flexibility index (Phi) is 3.40. The van der Waals surface area contributed by atoms with E-state index in [0.29, 0.717) is 0 Å². The Morgan fingerprint density at radius 2 is 2.00 bits per heavy atom. The van der Waals surface area contributed by atoms with Crippen molar-refractivity contribution in [1.82, 2.24) is 0 Å². The van der Waals surface area contributed by atoms with Crippen LogP contribution in [0.3, 0.4) is 0 Å². The molecule has 0 N–H and O–H groups in total. The van der Waals surface area contributed by atoms with Crippen LogP contribution in [0.5, 0.6) is 0 Å². The Balaban J connectivity index is 3.96. The smallest absolute Gasteiger partial charge is 0.311 e. The number of rotatable bonds is 3. The average molecular weight is 144 g/mol. The molecule has 0 fully saturated rings. The summed E-state index contributed by atoms with van der Waals surface area (Å²) >= 11 is 0. The molecule has 0 heterocycles. The van der Waals surface area contributed by atoms with E-state index in [1.54, 1.807) is 0 Å². The SMILES string of the molecule is CCCC(C)(C)C(=O)OC. The number of carbonyl (C=O) groups is 1. The highest BCUT2D eigenvalue weighted by Crippen LogP contribution is 2.23. The fourth-order valence-electron chi connectivity index (χ4n) is 1.00. The highest BCUT2D eigenvalue weighted by Gasteiger charge is 2.26. The summed E-state index contributed by atoms with van der Waals surface area (Å²) in [7, 11) is 1.43. The molecule has 0 aliphatic carbocycles. The van der Waals surface area contributed by atoms with Crippen LogP contribution in [0, 0.1) is 5.41 Å². The van der Waals surface area contributed by atoms with Crippen LogP contribution in [0.4, 0.5) is 0 Å². The van der Waals surface area contributed by atoms with E-state index in [1.165, 1.54) is 7.11 Å². The third kappa shape index (κ3) is 2.38. The van der Waals surface area contributed by atoms with Gasteiger partial charge in [0.05, 0.1) is 12.5 Å². The molecule has 0 bridgehead atoms. The van der Waals surface area contributed by atoms with Gasteiger partial charge in [-0.3, -0.25) is 4.79 Å². The first-order valence-electron chi connectivity index (χ1n) is 3.63. The Bertz CT molecular complexity index is 116. The summed E-state index contributed by atoms with van der Waals surface area (Å²) in [5.41, 5.74) is -0.302. The van der Waals surface area contributed by atoms with Gasteiger partial charge in [0.25, 0.3) is 0 Å². The van der Waals surface area contributed by atoms with Crippen molar-refractivity contribution in [3.05, 3.63) is 0 Å². The molecule has 0 aromatic carbocycles. The summed E-state index contributed by atoms with van der Waals surface area (Å²) in [5, 5.41) is 0. The van der Waals surface area contributed by atoms with Crippen LogP contribution in [0.25, 0.3) is 0 Å². The van der Waals surface area contributed by atoms with E-state index in [1.807, 2.05) is 13.8 Å². The van der Waals surface area contributed by atoms with Gasteiger partial charge in [-0.25, -0.2) is 0 Å². The number of esters is 1. The van der Waals surface area contributed by atoms with E-state index < -0.39 is 0 Å². The lowest BCUT2D eigenvalue weighted by atomic mass is 9.88. The minimum atomic E-state index is -0.302. The second-order valence-corrected chi connectivity index (χ2v) is 3.13. The summed E-state index contributed by atoms with van der Waals surface area (Å²) in [5.74, 6) is -0.116. The molecular formula is C8H16O2. The first-order chi connectivity index (χ1) is 4.54. The molecule has 10 heavy (non-hydrogen) atoms. The van der Waals surface area contributed by atoms with Crippen molar-refractivity contribution in [2.24, 2.45) is 5.41 Å². The molecule has 0 aliphatic rings. The van der Waals surface area contributed by atoms with Gasteiger partial charge in [-0.2, -0.15) is 0 Å². The summed E-state index contributed by atoms with van der Waals surface area (Å²) in [6.45, 7) is 5.87. The maximum atomic E-state index is 11.0. The predicted octanol–water partition coefficient (Wildman–Crippen LogP) is 1.99. The van der Waals surface area contributed by atoms with Crippen LogP contribution in [0.1, 0.15) is 33.6 Å². The van der Waals surface area contributed by atoms with Gasteiger partial charge >= 0.3 is 5.97 Å². The van der Waals surface area contributed by atoms with E-state index in [9.17, 15) is 4.79 Å². The molecule has 0 saturated carbocycles. The third-order valence-corrected chi connectivity index (χ3v) is 1.61. The molecule has 0 atom stereocenters. The van der Waals surface area contributed by atoms with Crippen LogP contribution in [0.15, 0.2) is 0 Å². The van der Waals surface area contributed by atoms with Gasteiger partial charge in [0.15, 0.2) is 0 Å². The third-order valence-electron chi connectivity index (χ3n) is 1.61. The standard InChI is InChI=1S/C8H16O2/c1-5-6-8(2,3)7(9)10-4/h5-6H2,1-4H3. The van der Waals surface area contributed by atoms with E-state index in [2.05, 4.69) is 11.7 Å². The topological polar surface area (TPSA) is 26.3 Å². The van der Waals surface area contributed by atoms with Crippen molar-refractivity contribution >= 4 is 5.97 Å². The molecule has 0 aromatic heterocycles. The van der Waals surface area contributed by atoms with Crippen LogP contribution in [-0.4, -0.2) is 13.1 Å². The molecule has 60 valence electrons. The van der Waals surface area contributed by atoms with Crippen molar-refractivity contribution < 1.29 is 9.53 Å². The van der Waals surface area contributed by atoms with Gasteiger partial charge in [-0.1, -0.05) is 13.3 Å². The monoisotopic (exact) mass is 144 g/mol. The highest BCUT2D eigenvalue weighted by molar-refractivity contribution is 5.75. The first-order valence-corrected chi connectivity index (χ1v) is 3.63. The molecule has 0 amide bonds. The molecule has 0 rings (SSSR count). The quantitative estimate of drug-likeness (QED) is 0.566. The first kappa shape index (κ1) is 9.47. The van der Waals surface area contributed by atoms with Crippen molar-refractivity contribution in [3.63, 3.8) is 0 Å². The van der Waals surface area contributed by atoms with Gasteiger partial charge in [-0.05, 0) is 20.3 Å². The van der Waals surface area contributed by atoms with Crippen molar-refractivity contribution in [2.75, 3.05) is 7.11 Å². The number of carbonyl (C=O) groups excluding carboxylic acids is 1. The summed E-state index contributed by atoms with van der Waals surface area (Å²) in [6, 6.07) is 0. The van der Waals surface area contributed by atoms with Gasteiger partial charge in [0, 0.05) is 0 Å². The zero-order valence-electron chi connectivity index (χ0n) is 7.23. The fourth-order valence-corrected chi connectivity index (χ4v) is 1.00. The molecule has 0 aromatic rings. The lowest BCUT2D eigenvalue weighted by Gasteiger charge is -2.19. The molecule has 2 heteroatoms. The Hall–Kier alpha value is -0.530. The Morgan fingerprint density at radius 1 is 1.50 bits per heavy atom. The number of ether oxygens (including phenoxy) is 1. The molecule has 0 saturated heterocycles. The molecule has 0 spiro atoms. The van der Waals surface area contributed by atoms with Gasteiger partial charge < -0.3 is 4.74 Å². The van der Waals surface area contributed by atoms with Crippen molar-refractivity contribution in [2.45, 2.75) is 33.6 Å². The number of hydrogen-bond acceptors (Lipinski definition) is 2. The zero-order valence-corrected chi connectivity index (χ0v) is 7.23. The summed E-state index contributed by atoms with van der Waals surface area (Å²) in [4.78, 5) is 11.0.